The molecule has 1 aliphatic rings. The van der Waals surface area contributed by atoms with Gasteiger partial charge in [0, 0.05) is 44.1 Å². The first-order valence-electron chi connectivity index (χ1n) is 8.99. The van der Waals surface area contributed by atoms with Crippen LogP contribution in [0, 0.1) is 5.82 Å². The second kappa shape index (κ2) is 7.99. The third kappa shape index (κ3) is 4.06. The molecule has 0 atom stereocenters. The summed E-state index contributed by atoms with van der Waals surface area (Å²) < 4.78 is 13.5. The Balaban J connectivity index is 1.40. The maximum Gasteiger partial charge on any atom is 0.322 e. The second-order valence-electron chi connectivity index (χ2n) is 6.40. The average molecular weight is 378 g/mol. The molecule has 1 aliphatic heterocycles. The molecule has 7 nitrogen and oxygen atoms in total. The quantitative estimate of drug-likeness (QED) is 0.758. The topological polar surface area (TPSA) is 74.2 Å². The van der Waals surface area contributed by atoms with E-state index in [4.69, 9.17) is 0 Å². The van der Waals surface area contributed by atoms with E-state index in [0.29, 0.717) is 49.1 Å². The van der Waals surface area contributed by atoms with E-state index in [-0.39, 0.29) is 11.8 Å². The number of aromatic nitrogens is 3. The zero-order valence-corrected chi connectivity index (χ0v) is 15.1. The molecule has 2 amide bonds. The predicted molar refractivity (Wildman–Crippen MR) is 104 cm³/mol. The lowest BCUT2D eigenvalue weighted by atomic mass is 10.1. The van der Waals surface area contributed by atoms with Crippen LogP contribution in [0.2, 0.25) is 0 Å². The minimum absolute atomic E-state index is 0.151. The fraction of sp³-hybridized carbons (Fsp3) is 0.200. The molecule has 142 valence electrons. The van der Waals surface area contributed by atoms with E-state index < -0.39 is 0 Å². The smallest absolute Gasteiger partial charge is 0.322 e. The van der Waals surface area contributed by atoms with Crippen molar-refractivity contribution in [3.05, 3.63) is 66.9 Å². The van der Waals surface area contributed by atoms with E-state index in [0.717, 1.165) is 0 Å². The van der Waals surface area contributed by atoms with Crippen LogP contribution in [0.4, 0.5) is 20.8 Å². The molecule has 0 saturated carbocycles. The van der Waals surface area contributed by atoms with Crippen LogP contribution in [-0.2, 0) is 0 Å². The van der Waals surface area contributed by atoms with Gasteiger partial charge in [-0.3, -0.25) is 4.98 Å². The van der Waals surface area contributed by atoms with Crippen molar-refractivity contribution in [3.8, 4) is 11.3 Å². The molecule has 1 saturated heterocycles. The summed E-state index contributed by atoms with van der Waals surface area (Å²) in [6, 6.07) is 11.5. The number of carbonyl (C=O) groups excluding carboxylic acids is 1. The van der Waals surface area contributed by atoms with E-state index in [1.54, 1.807) is 47.8 Å². The fourth-order valence-electron chi connectivity index (χ4n) is 3.06. The molecule has 8 heteroatoms. The number of halogens is 1. The van der Waals surface area contributed by atoms with Gasteiger partial charge in [-0.1, -0.05) is 12.1 Å². The average Bonchev–Trinajstić information content (AvgIpc) is 2.75. The number of amides is 2. The minimum atomic E-state index is -0.300. The summed E-state index contributed by atoms with van der Waals surface area (Å²) in [5, 5.41) is 2.84. The number of benzene rings is 1. The zero-order valence-electron chi connectivity index (χ0n) is 15.1. The lowest BCUT2D eigenvalue weighted by Gasteiger charge is -2.34. The van der Waals surface area contributed by atoms with Gasteiger partial charge in [-0.15, -0.1) is 0 Å². The predicted octanol–water partition coefficient (Wildman–Crippen LogP) is 3.03. The number of rotatable bonds is 3. The first-order chi connectivity index (χ1) is 13.7. The van der Waals surface area contributed by atoms with Gasteiger partial charge in [-0.2, -0.15) is 0 Å². The number of nitrogens with zero attached hydrogens (tertiary/aromatic N) is 5. The van der Waals surface area contributed by atoms with Crippen LogP contribution in [0.25, 0.3) is 11.3 Å². The van der Waals surface area contributed by atoms with E-state index in [1.807, 2.05) is 11.0 Å². The van der Waals surface area contributed by atoms with Crippen molar-refractivity contribution < 1.29 is 9.18 Å². The summed E-state index contributed by atoms with van der Waals surface area (Å²) in [4.78, 5) is 29.1. The van der Waals surface area contributed by atoms with Gasteiger partial charge in [0.25, 0.3) is 0 Å². The molecule has 0 unspecified atom stereocenters. The third-order valence-corrected chi connectivity index (χ3v) is 4.53. The Morgan fingerprint density at radius 3 is 2.64 bits per heavy atom. The van der Waals surface area contributed by atoms with Crippen molar-refractivity contribution in [3.63, 3.8) is 0 Å². The monoisotopic (exact) mass is 378 g/mol. The molecule has 3 aromatic rings. The van der Waals surface area contributed by atoms with E-state index >= 15 is 0 Å². The van der Waals surface area contributed by atoms with E-state index in [1.165, 1.54) is 12.1 Å². The summed E-state index contributed by atoms with van der Waals surface area (Å²) in [7, 11) is 0. The Morgan fingerprint density at radius 2 is 1.89 bits per heavy atom. The Morgan fingerprint density at radius 1 is 1.04 bits per heavy atom. The van der Waals surface area contributed by atoms with Crippen molar-refractivity contribution in [1.29, 1.82) is 0 Å². The van der Waals surface area contributed by atoms with Crippen molar-refractivity contribution in [2.45, 2.75) is 0 Å². The molecule has 1 fully saturated rings. The fourth-order valence-corrected chi connectivity index (χ4v) is 3.06. The molecule has 0 radical (unpaired) electrons. The molecule has 3 heterocycles. The summed E-state index contributed by atoms with van der Waals surface area (Å²) in [6.45, 7) is 2.35. The summed E-state index contributed by atoms with van der Waals surface area (Å²) in [5.74, 6) is 0.278. The van der Waals surface area contributed by atoms with Crippen LogP contribution in [0.15, 0.2) is 61.1 Å². The zero-order chi connectivity index (χ0) is 19.3. The summed E-state index contributed by atoms with van der Waals surface area (Å²) >= 11 is 0. The van der Waals surface area contributed by atoms with E-state index in [9.17, 15) is 9.18 Å². The first kappa shape index (κ1) is 17.8. The van der Waals surface area contributed by atoms with Gasteiger partial charge in [0.1, 0.15) is 5.82 Å². The number of hydrogen-bond donors (Lipinski definition) is 1. The van der Waals surface area contributed by atoms with Gasteiger partial charge in [0.2, 0.25) is 5.95 Å². The first-order valence-corrected chi connectivity index (χ1v) is 8.99. The maximum atomic E-state index is 13.5. The second-order valence-corrected chi connectivity index (χ2v) is 6.40. The highest BCUT2D eigenvalue weighted by Crippen LogP contribution is 2.20. The molecular formula is C20H19FN6O. The molecule has 2 aromatic heterocycles. The Hall–Kier alpha value is -3.55. The van der Waals surface area contributed by atoms with Crippen LogP contribution in [0.1, 0.15) is 0 Å². The van der Waals surface area contributed by atoms with Gasteiger partial charge in [-0.05, 0) is 30.3 Å². The lowest BCUT2D eigenvalue weighted by Crippen LogP contribution is -2.50. The molecule has 1 aromatic carbocycles. The lowest BCUT2D eigenvalue weighted by molar-refractivity contribution is 0.208. The van der Waals surface area contributed by atoms with Crippen molar-refractivity contribution in [2.24, 2.45) is 0 Å². The number of nitrogens with one attached hydrogen (secondary N) is 1. The molecule has 4 rings (SSSR count). The van der Waals surface area contributed by atoms with Gasteiger partial charge in [0.15, 0.2) is 0 Å². The largest absolute Gasteiger partial charge is 0.337 e. The molecule has 0 aliphatic carbocycles. The molecule has 0 bridgehead atoms. The Bertz CT molecular complexity index is 960. The van der Waals surface area contributed by atoms with Crippen LogP contribution >= 0.6 is 0 Å². The van der Waals surface area contributed by atoms with Crippen LogP contribution in [-0.4, -0.2) is 52.1 Å². The number of urea groups is 1. The molecule has 28 heavy (non-hydrogen) atoms. The van der Waals surface area contributed by atoms with Crippen LogP contribution in [0.3, 0.4) is 0 Å². The van der Waals surface area contributed by atoms with Gasteiger partial charge < -0.3 is 15.1 Å². The maximum absolute atomic E-state index is 13.5. The molecule has 0 spiro atoms. The standard InChI is InChI=1S/C20H19FN6O/c21-16-4-1-3-15(13-16)18-6-8-23-19(25-18)26-9-11-27(12-10-26)20(28)24-17-5-2-7-22-14-17/h1-8,13-14H,9-12H2,(H,24,28). The van der Waals surface area contributed by atoms with E-state index in [2.05, 4.69) is 20.3 Å². The van der Waals surface area contributed by atoms with Gasteiger partial charge in [0.05, 0.1) is 17.6 Å². The third-order valence-electron chi connectivity index (χ3n) is 4.53. The van der Waals surface area contributed by atoms with Crippen LogP contribution in [0.5, 0.6) is 0 Å². The minimum Gasteiger partial charge on any atom is -0.337 e. The summed E-state index contributed by atoms with van der Waals surface area (Å²) in [5.41, 5.74) is 2.04. The number of hydrogen-bond acceptors (Lipinski definition) is 5. The number of piperazine rings is 1. The van der Waals surface area contributed by atoms with Crippen molar-refractivity contribution in [1.82, 2.24) is 19.9 Å². The Labute approximate surface area is 161 Å². The summed E-state index contributed by atoms with van der Waals surface area (Å²) in [6.07, 6.45) is 4.94. The Kier molecular flexibility index (Phi) is 5.09. The number of pyridine rings is 1. The molecular weight excluding hydrogens is 359 g/mol. The molecule has 1 N–H and O–H groups in total. The van der Waals surface area contributed by atoms with Crippen LogP contribution < -0.4 is 10.2 Å². The van der Waals surface area contributed by atoms with Crippen molar-refractivity contribution >= 4 is 17.7 Å². The number of anilines is 2. The van der Waals surface area contributed by atoms with Gasteiger partial charge >= 0.3 is 6.03 Å². The van der Waals surface area contributed by atoms with Crippen molar-refractivity contribution in [2.75, 3.05) is 36.4 Å². The SMILES string of the molecule is O=C(Nc1cccnc1)N1CCN(c2nccc(-c3cccc(F)c3)n2)CC1. The highest BCUT2D eigenvalue weighted by molar-refractivity contribution is 5.89. The van der Waals surface area contributed by atoms with Gasteiger partial charge in [-0.25, -0.2) is 19.2 Å². The number of carbonyl (C=O) groups is 1. The highest BCUT2D eigenvalue weighted by Gasteiger charge is 2.23. The normalized spacial score (nSPS) is 14.0. The highest BCUT2D eigenvalue weighted by atomic mass is 19.1.